The van der Waals surface area contributed by atoms with Crippen molar-refractivity contribution in [3.8, 4) is 0 Å². The van der Waals surface area contributed by atoms with E-state index in [4.69, 9.17) is 16.3 Å². The summed E-state index contributed by atoms with van der Waals surface area (Å²) in [5.41, 5.74) is 2.74. The van der Waals surface area contributed by atoms with Crippen LogP contribution >= 0.6 is 27.5 Å². The molecule has 0 fully saturated rings. The van der Waals surface area contributed by atoms with Crippen LogP contribution in [0.25, 0.3) is 10.9 Å². The smallest absolute Gasteiger partial charge is 0.407 e. The van der Waals surface area contributed by atoms with E-state index in [1.165, 1.54) is 5.56 Å². The van der Waals surface area contributed by atoms with E-state index < -0.39 is 11.7 Å². The van der Waals surface area contributed by atoms with Gasteiger partial charge in [-0.15, -0.1) is 0 Å². The Kier molecular flexibility index (Phi) is 5.07. The molecule has 0 saturated heterocycles. The molecular weight excluding hydrogens is 368 g/mol. The van der Waals surface area contributed by atoms with Gasteiger partial charge >= 0.3 is 6.09 Å². The van der Waals surface area contributed by atoms with Crippen LogP contribution in [0.1, 0.15) is 32.0 Å². The van der Waals surface area contributed by atoms with Crippen molar-refractivity contribution in [2.24, 2.45) is 0 Å². The molecule has 0 aliphatic carbocycles. The minimum Gasteiger partial charge on any atom is -0.444 e. The summed E-state index contributed by atoms with van der Waals surface area (Å²) < 4.78 is 6.09. The largest absolute Gasteiger partial charge is 0.444 e. The predicted molar refractivity (Wildman–Crippen MR) is 93.7 cm³/mol. The number of H-pyrrole nitrogens is 1. The number of amides is 1. The molecule has 0 radical (unpaired) electrons. The second-order valence-corrected chi connectivity index (χ2v) is 7.39. The lowest BCUT2D eigenvalue weighted by Gasteiger charge is -2.19. The Hall–Kier alpha value is -1.20. The lowest BCUT2D eigenvalue weighted by Crippen LogP contribution is -2.33. The molecule has 4 nitrogen and oxygen atoms in total. The fraction of sp³-hybridized carbons (Fsp3) is 0.438. The van der Waals surface area contributed by atoms with Crippen molar-refractivity contribution < 1.29 is 9.53 Å². The number of hydrogen-bond donors (Lipinski definition) is 2. The highest BCUT2D eigenvalue weighted by molar-refractivity contribution is 9.10. The number of carbonyl (C=O) groups excluding carboxylic acids is 1. The first-order valence-corrected chi connectivity index (χ1v) is 8.28. The van der Waals surface area contributed by atoms with Crippen molar-refractivity contribution in [2.45, 2.75) is 39.7 Å². The van der Waals surface area contributed by atoms with Gasteiger partial charge in [-0.25, -0.2) is 4.79 Å². The fourth-order valence-electron chi connectivity index (χ4n) is 2.32. The van der Waals surface area contributed by atoms with Crippen molar-refractivity contribution in [3.63, 3.8) is 0 Å². The van der Waals surface area contributed by atoms with Gasteiger partial charge in [0.25, 0.3) is 0 Å². The Balaban J connectivity index is 2.08. The number of halogens is 2. The van der Waals surface area contributed by atoms with Crippen molar-refractivity contribution in [1.82, 2.24) is 10.3 Å². The van der Waals surface area contributed by atoms with Crippen LogP contribution in [0.3, 0.4) is 0 Å². The lowest BCUT2D eigenvalue weighted by atomic mass is 10.1. The summed E-state index contributed by atoms with van der Waals surface area (Å²) in [5, 5.41) is 4.57. The Morgan fingerprint density at radius 3 is 2.73 bits per heavy atom. The number of ether oxygens (including phenoxy) is 1. The second-order valence-electron chi connectivity index (χ2n) is 6.19. The van der Waals surface area contributed by atoms with Gasteiger partial charge in [0.1, 0.15) is 5.60 Å². The van der Waals surface area contributed by atoms with Crippen molar-refractivity contribution in [2.75, 3.05) is 6.54 Å². The SMILES string of the molecule is Cc1[nH]c2c(Br)c(Cl)ccc2c1CCNC(=O)OC(C)(C)C. The molecule has 0 saturated carbocycles. The third-order valence-electron chi connectivity index (χ3n) is 3.23. The van der Waals surface area contributed by atoms with Gasteiger partial charge < -0.3 is 15.0 Å². The fourth-order valence-corrected chi connectivity index (χ4v) is 2.92. The standard InChI is InChI=1S/C16H20BrClN2O2/c1-9-10(7-8-19-15(21)22-16(2,3)4)11-5-6-12(18)13(17)14(11)20-9/h5-6,20H,7-8H2,1-4H3,(H,19,21). The Bertz CT molecular complexity index is 704. The first-order valence-electron chi connectivity index (χ1n) is 7.11. The van der Waals surface area contributed by atoms with Gasteiger partial charge in [-0.2, -0.15) is 0 Å². The average molecular weight is 388 g/mol. The quantitative estimate of drug-likeness (QED) is 0.782. The zero-order chi connectivity index (χ0) is 16.5. The summed E-state index contributed by atoms with van der Waals surface area (Å²) in [6, 6.07) is 3.86. The van der Waals surface area contributed by atoms with E-state index in [9.17, 15) is 4.79 Å². The normalized spacial score (nSPS) is 11.7. The zero-order valence-electron chi connectivity index (χ0n) is 13.1. The number of fused-ring (bicyclic) bond motifs is 1. The zero-order valence-corrected chi connectivity index (χ0v) is 15.5. The minimum absolute atomic E-state index is 0.394. The first-order chi connectivity index (χ1) is 10.2. The van der Waals surface area contributed by atoms with E-state index >= 15 is 0 Å². The highest BCUT2D eigenvalue weighted by Gasteiger charge is 2.16. The number of nitrogens with one attached hydrogen (secondary N) is 2. The van der Waals surface area contributed by atoms with Crippen LogP contribution in [0.4, 0.5) is 4.79 Å². The van der Waals surface area contributed by atoms with Gasteiger partial charge in [0.2, 0.25) is 0 Å². The van der Waals surface area contributed by atoms with Crippen molar-refractivity contribution in [1.29, 1.82) is 0 Å². The second kappa shape index (κ2) is 6.50. The van der Waals surface area contributed by atoms with E-state index in [0.29, 0.717) is 11.6 Å². The molecule has 0 unspecified atom stereocenters. The van der Waals surface area contributed by atoms with E-state index in [-0.39, 0.29) is 0 Å². The molecule has 2 aromatic rings. The number of hydrogen-bond acceptors (Lipinski definition) is 2. The molecule has 6 heteroatoms. The average Bonchev–Trinajstić information content (AvgIpc) is 2.70. The van der Waals surface area contributed by atoms with Crippen LogP contribution in [0.2, 0.25) is 5.02 Å². The van der Waals surface area contributed by atoms with E-state index in [2.05, 4.69) is 26.2 Å². The molecular formula is C16H20BrClN2O2. The molecule has 0 aliphatic heterocycles. The van der Waals surface area contributed by atoms with E-state index in [0.717, 1.165) is 27.5 Å². The van der Waals surface area contributed by atoms with E-state index in [1.807, 2.05) is 39.8 Å². The molecule has 2 N–H and O–H groups in total. The summed E-state index contributed by atoms with van der Waals surface area (Å²) in [6.07, 6.45) is 0.327. The van der Waals surface area contributed by atoms with E-state index in [1.54, 1.807) is 0 Å². The molecule has 1 amide bonds. The molecule has 1 heterocycles. The summed E-state index contributed by atoms with van der Waals surface area (Å²) in [5.74, 6) is 0. The summed E-state index contributed by atoms with van der Waals surface area (Å²) in [7, 11) is 0. The Labute approximate surface area is 143 Å². The van der Waals surface area contributed by atoms with Gasteiger partial charge in [-0.1, -0.05) is 17.7 Å². The predicted octanol–water partition coefficient (Wildman–Crippen LogP) is 4.96. The van der Waals surface area contributed by atoms with Gasteiger partial charge in [-0.05, 0) is 61.7 Å². The molecule has 2 rings (SSSR count). The van der Waals surface area contributed by atoms with Crippen molar-refractivity contribution >= 4 is 44.5 Å². The number of alkyl carbamates (subject to hydrolysis) is 1. The highest BCUT2D eigenvalue weighted by atomic mass is 79.9. The maximum atomic E-state index is 11.7. The maximum absolute atomic E-state index is 11.7. The minimum atomic E-state index is -0.484. The van der Waals surface area contributed by atoms with Crippen LogP contribution in [0, 0.1) is 6.92 Å². The van der Waals surface area contributed by atoms with Gasteiger partial charge in [0, 0.05) is 17.6 Å². The number of aryl methyl sites for hydroxylation is 1. The third kappa shape index (κ3) is 3.96. The highest BCUT2D eigenvalue weighted by Crippen LogP contribution is 2.33. The number of carbonyl (C=O) groups is 1. The van der Waals surface area contributed by atoms with Crippen LogP contribution in [-0.4, -0.2) is 23.2 Å². The number of aromatic amines is 1. The first kappa shape index (κ1) is 17.2. The molecule has 0 atom stereocenters. The topological polar surface area (TPSA) is 54.1 Å². The lowest BCUT2D eigenvalue weighted by molar-refractivity contribution is 0.0528. The number of benzene rings is 1. The monoisotopic (exact) mass is 386 g/mol. The Morgan fingerprint density at radius 1 is 1.41 bits per heavy atom. The van der Waals surface area contributed by atoms with Crippen LogP contribution in [0.5, 0.6) is 0 Å². The molecule has 0 aliphatic rings. The molecule has 0 bridgehead atoms. The molecule has 22 heavy (non-hydrogen) atoms. The molecule has 120 valence electrons. The van der Waals surface area contributed by atoms with Crippen LogP contribution in [-0.2, 0) is 11.2 Å². The van der Waals surface area contributed by atoms with Gasteiger partial charge in [0.05, 0.1) is 15.0 Å². The Morgan fingerprint density at radius 2 is 2.09 bits per heavy atom. The summed E-state index contributed by atoms with van der Waals surface area (Å²) >= 11 is 9.62. The van der Waals surface area contributed by atoms with Gasteiger partial charge in [-0.3, -0.25) is 0 Å². The number of rotatable bonds is 3. The van der Waals surface area contributed by atoms with Gasteiger partial charge in [0.15, 0.2) is 0 Å². The third-order valence-corrected chi connectivity index (χ3v) is 4.60. The molecule has 0 spiro atoms. The maximum Gasteiger partial charge on any atom is 0.407 e. The summed E-state index contributed by atoms with van der Waals surface area (Å²) in [6.45, 7) is 8.07. The van der Waals surface area contributed by atoms with Crippen LogP contribution in [0.15, 0.2) is 16.6 Å². The number of aromatic nitrogens is 1. The van der Waals surface area contributed by atoms with Crippen molar-refractivity contribution in [3.05, 3.63) is 32.9 Å². The molecule has 1 aromatic heterocycles. The van der Waals surface area contributed by atoms with Crippen LogP contribution < -0.4 is 5.32 Å². The summed E-state index contributed by atoms with van der Waals surface area (Å²) in [4.78, 5) is 15.0. The molecule has 1 aromatic carbocycles.